The van der Waals surface area contributed by atoms with E-state index in [4.69, 9.17) is 16.0 Å². The van der Waals surface area contributed by atoms with Crippen LogP contribution in [0.3, 0.4) is 0 Å². The number of nitrogens with zero attached hydrogens (tertiary/aromatic N) is 2. The number of benzene rings is 2. The molecule has 168 valence electrons. The van der Waals surface area contributed by atoms with Crippen molar-refractivity contribution in [2.24, 2.45) is 0 Å². The minimum absolute atomic E-state index is 0.0991. The van der Waals surface area contributed by atoms with Gasteiger partial charge in [-0.1, -0.05) is 29.8 Å². The number of rotatable bonds is 7. The number of aryl methyl sites for hydroxylation is 1. The molecular formula is C25H22ClN3O3S. The van der Waals surface area contributed by atoms with Gasteiger partial charge in [-0.2, -0.15) is 0 Å². The number of carbonyl (C=O) groups is 2. The summed E-state index contributed by atoms with van der Waals surface area (Å²) in [6.45, 7) is 2.68. The van der Waals surface area contributed by atoms with Gasteiger partial charge in [0.05, 0.1) is 21.7 Å². The lowest BCUT2D eigenvalue weighted by Gasteiger charge is -2.22. The minimum atomic E-state index is -0.184. The maximum atomic E-state index is 13.5. The SMILES string of the molecule is Cc1nc(C(=O)N(CCNC(=O)c2cccc3occc23)C2CC2)c(-c2ccc(Cl)cc2)s1. The zero-order valence-electron chi connectivity index (χ0n) is 18.0. The highest BCUT2D eigenvalue weighted by atomic mass is 35.5. The van der Waals surface area contributed by atoms with E-state index >= 15 is 0 Å². The van der Waals surface area contributed by atoms with Gasteiger partial charge in [0.1, 0.15) is 11.3 Å². The lowest BCUT2D eigenvalue weighted by atomic mass is 10.1. The third kappa shape index (κ3) is 4.51. The van der Waals surface area contributed by atoms with Crippen LogP contribution in [0.4, 0.5) is 0 Å². The lowest BCUT2D eigenvalue weighted by Crippen LogP contribution is -2.40. The summed E-state index contributed by atoms with van der Waals surface area (Å²) < 4.78 is 5.38. The Labute approximate surface area is 200 Å². The van der Waals surface area contributed by atoms with Crippen molar-refractivity contribution in [3.05, 3.63) is 76.1 Å². The van der Waals surface area contributed by atoms with E-state index < -0.39 is 0 Å². The first kappa shape index (κ1) is 21.7. The first-order valence-corrected chi connectivity index (χ1v) is 12.0. The van der Waals surface area contributed by atoms with Crippen molar-refractivity contribution in [1.29, 1.82) is 0 Å². The molecule has 2 heterocycles. The van der Waals surface area contributed by atoms with Crippen LogP contribution in [0.15, 0.2) is 59.2 Å². The second-order valence-corrected chi connectivity index (χ2v) is 9.68. The normalized spacial score (nSPS) is 13.3. The fraction of sp³-hybridized carbons (Fsp3) is 0.240. The van der Waals surface area contributed by atoms with Crippen molar-refractivity contribution >= 4 is 45.7 Å². The maximum Gasteiger partial charge on any atom is 0.274 e. The second-order valence-electron chi connectivity index (χ2n) is 8.04. The monoisotopic (exact) mass is 479 g/mol. The zero-order valence-corrected chi connectivity index (χ0v) is 19.6. The molecule has 5 rings (SSSR count). The standard InChI is InChI=1S/C25H22ClN3O3S/c1-15-28-22(23(33-15)16-5-7-17(26)8-6-16)25(31)29(18-9-10-18)13-12-27-24(30)20-3-2-4-21-19(20)11-14-32-21/h2-8,11,14,18H,9-10,12-13H2,1H3,(H,27,30). The molecule has 6 nitrogen and oxygen atoms in total. The molecule has 1 saturated carbocycles. The van der Waals surface area contributed by atoms with Gasteiger partial charge in [-0.05, 0) is 55.7 Å². The second kappa shape index (κ2) is 9.00. The van der Waals surface area contributed by atoms with Crippen molar-refractivity contribution in [3.63, 3.8) is 0 Å². The summed E-state index contributed by atoms with van der Waals surface area (Å²) in [6.07, 6.45) is 3.50. The highest BCUT2D eigenvalue weighted by Crippen LogP contribution is 2.34. The van der Waals surface area contributed by atoms with E-state index in [2.05, 4.69) is 10.3 Å². The van der Waals surface area contributed by atoms with Gasteiger partial charge in [-0.25, -0.2) is 4.98 Å². The number of aromatic nitrogens is 1. The molecule has 0 radical (unpaired) electrons. The molecule has 2 aromatic heterocycles. The predicted octanol–water partition coefficient (Wildman–Crippen LogP) is 5.55. The summed E-state index contributed by atoms with van der Waals surface area (Å²) in [7, 11) is 0. The van der Waals surface area contributed by atoms with Gasteiger partial charge in [0.2, 0.25) is 0 Å². The molecular weight excluding hydrogens is 458 g/mol. The van der Waals surface area contributed by atoms with E-state index in [0.717, 1.165) is 33.7 Å². The third-order valence-corrected chi connectivity index (χ3v) is 6.94. The molecule has 4 aromatic rings. The summed E-state index contributed by atoms with van der Waals surface area (Å²) in [5.74, 6) is -0.283. The van der Waals surface area contributed by atoms with Crippen LogP contribution in [0, 0.1) is 6.92 Å². The van der Waals surface area contributed by atoms with Crippen LogP contribution in [0.5, 0.6) is 0 Å². The molecule has 2 amide bonds. The molecule has 1 aliphatic carbocycles. The van der Waals surface area contributed by atoms with Crippen LogP contribution in [0.2, 0.25) is 5.02 Å². The summed E-state index contributed by atoms with van der Waals surface area (Å²) >= 11 is 7.53. The topological polar surface area (TPSA) is 75.4 Å². The molecule has 2 aromatic carbocycles. The number of furan rings is 1. The van der Waals surface area contributed by atoms with E-state index in [9.17, 15) is 9.59 Å². The highest BCUT2D eigenvalue weighted by molar-refractivity contribution is 7.15. The Balaban J connectivity index is 1.31. The van der Waals surface area contributed by atoms with Crippen LogP contribution in [0.1, 0.15) is 38.7 Å². The first-order chi connectivity index (χ1) is 16.0. The number of hydrogen-bond acceptors (Lipinski definition) is 5. The Morgan fingerprint density at radius 1 is 1.18 bits per heavy atom. The third-order valence-electron chi connectivity index (χ3n) is 5.67. The minimum Gasteiger partial charge on any atom is -0.464 e. The molecule has 0 unspecified atom stereocenters. The molecule has 1 aliphatic rings. The van der Waals surface area contributed by atoms with Crippen LogP contribution in [-0.4, -0.2) is 40.8 Å². The molecule has 0 spiro atoms. The number of hydrogen-bond donors (Lipinski definition) is 1. The summed E-state index contributed by atoms with van der Waals surface area (Å²) in [5, 5.41) is 5.21. The largest absolute Gasteiger partial charge is 0.464 e. The number of nitrogens with one attached hydrogen (secondary N) is 1. The summed E-state index contributed by atoms with van der Waals surface area (Å²) in [4.78, 5) is 33.5. The highest BCUT2D eigenvalue weighted by Gasteiger charge is 2.35. The Kier molecular flexibility index (Phi) is 5.91. The predicted molar refractivity (Wildman–Crippen MR) is 130 cm³/mol. The number of amides is 2. The average Bonchev–Trinajstić information content (AvgIpc) is 3.39. The average molecular weight is 480 g/mol. The molecule has 0 bridgehead atoms. The van der Waals surface area contributed by atoms with E-state index in [-0.39, 0.29) is 17.9 Å². The van der Waals surface area contributed by atoms with Gasteiger partial charge >= 0.3 is 0 Å². The Hall–Kier alpha value is -3.16. The smallest absolute Gasteiger partial charge is 0.274 e. The van der Waals surface area contributed by atoms with Crippen LogP contribution < -0.4 is 5.32 Å². The Bertz CT molecular complexity index is 1320. The molecule has 33 heavy (non-hydrogen) atoms. The molecule has 0 aliphatic heterocycles. The molecule has 0 saturated heterocycles. The van der Waals surface area contributed by atoms with Crippen molar-refractivity contribution in [3.8, 4) is 10.4 Å². The zero-order chi connectivity index (χ0) is 22.9. The van der Waals surface area contributed by atoms with Crippen LogP contribution >= 0.6 is 22.9 Å². The molecule has 1 fully saturated rings. The van der Waals surface area contributed by atoms with E-state index in [1.54, 1.807) is 24.5 Å². The summed E-state index contributed by atoms with van der Waals surface area (Å²) in [6, 6.07) is 14.8. The summed E-state index contributed by atoms with van der Waals surface area (Å²) in [5.41, 5.74) is 2.61. The van der Waals surface area contributed by atoms with Crippen molar-refractivity contribution in [2.45, 2.75) is 25.8 Å². The van der Waals surface area contributed by atoms with E-state index in [0.29, 0.717) is 35.0 Å². The first-order valence-electron chi connectivity index (χ1n) is 10.8. The van der Waals surface area contributed by atoms with Gasteiger partial charge in [-0.15, -0.1) is 11.3 Å². The number of halogens is 1. The van der Waals surface area contributed by atoms with Crippen molar-refractivity contribution < 1.29 is 14.0 Å². The van der Waals surface area contributed by atoms with Crippen LogP contribution in [-0.2, 0) is 0 Å². The van der Waals surface area contributed by atoms with Crippen molar-refractivity contribution in [2.75, 3.05) is 13.1 Å². The number of fused-ring (bicyclic) bond motifs is 1. The Morgan fingerprint density at radius 3 is 2.73 bits per heavy atom. The van der Waals surface area contributed by atoms with Crippen molar-refractivity contribution in [1.82, 2.24) is 15.2 Å². The fourth-order valence-electron chi connectivity index (χ4n) is 3.92. The van der Waals surface area contributed by atoms with Crippen LogP contribution in [0.25, 0.3) is 21.4 Å². The van der Waals surface area contributed by atoms with Gasteiger partial charge < -0.3 is 14.6 Å². The van der Waals surface area contributed by atoms with Gasteiger partial charge in [0, 0.05) is 29.5 Å². The quantitative estimate of drug-likeness (QED) is 0.377. The molecule has 0 atom stereocenters. The maximum absolute atomic E-state index is 13.5. The van der Waals surface area contributed by atoms with Gasteiger partial charge in [0.25, 0.3) is 11.8 Å². The van der Waals surface area contributed by atoms with Gasteiger partial charge in [0.15, 0.2) is 0 Å². The lowest BCUT2D eigenvalue weighted by molar-refractivity contribution is 0.0732. The Morgan fingerprint density at radius 2 is 1.97 bits per heavy atom. The van der Waals surface area contributed by atoms with Gasteiger partial charge in [-0.3, -0.25) is 9.59 Å². The number of thiazole rings is 1. The number of carbonyl (C=O) groups excluding carboxylic acids is 2. The van der Waals surface area contributed by atoms with E-state index in [1.807, 2.05) is 42.2 Å². The fourth-order valence-corrected chi connectivity index (χ4v) is 4.96. The molecule has 8 heteroatoms. The van der Waals surface area contributed by atoms with E-state index in [1.165, 1.54) is 11.3 Å². The molecule has 1 N–H and O–H groups in total.